The normalized spacial score (nSPS) is 10.7. The first-order chi connectivity index (χ1) is 12.6. The number of carbonyl (C=O) groups is 1. The first-order valence-electron chi connectivity index (χ1n) is 8.02. The number of tetrazole rings is 1. The van der Waals surface area contributed by atoms with Gasteiger partial charge < -0.3 is 9.64 Å². The summed E-state index contributed by atoms with van der Waals surface area (Å²) in [5, 5.41) is 14.1. The predicted molar refractivity (Wildman–Crippen MR) is 95.2 cm³/mol. The first-order valence-corrected chi connectivity index (χ1v) is 8.90. The van der Waals surface area contributed by atoms with Crippen LogP contribution in [-0.4, -0.2) is 44.7 Å². The monoisotopic (exact) mass is 375 g/mol. The molecule has 0 aliphatic heterocycles. The average molecular weight is 375 g/mol. The number of hydrogen-bond acceptors (Lipinski definition) is 6. The van der Waals surface area contributed by atoms with Crippen LogP contribution in [-0.2, 0) is 17.9 Å². The largest absolute Gasteiger partial charge is 0.494 e. The Hall–Kier alpha value is -2.81. The van der Waals surface area contributed by atoms with E-state index in [9.17, 15) is 9.18 Å². The molecule has 0 N–H and O–H groups in total. The fourth-order valence-electron chi connectivity index (χ4n) is 2.44. The second-order valence-corrected chi connectivity index (χ2v) is 6.45. The lowest BCUT2D eigenvalue weighted by Gasteiger charge is -2.20. The summed E-state index contributed by atoms with van der Waals surface area (Å²) >= 11 is 1.51. The van der Waals surface area contributed by atoms with E-state index >= 15 is 0 Å². The molecule has 3 aromatic rings. The van der Waals surface area contributed by atoms with Gasteiger partial charge >= 0.3 is 0 Å². The van der Waals surface area contributed by atoms with Crippen LogP contribution in [0.1, 0.15) is 12.5 Å². The summed E-state index contributed by atoms with van der Waals surface area (Å²) in [6.07, 6.45) is 0. The van der Waals surface area contributed by atoms with Crippen LogP contribution in [0.3, 0.4) is 0 Å². The Morgan fingerprint density at radius 1 is 1.38 bits per heavy atom. The Kier molecular flexibility index (Phi) is 5.57. The van der Waals surface area contributed by atoms with Gasteiger partial charge in [0.2, 0.25) is 11.7 Å². The zero-order valence-electron chi connectivity index (χ0n) is 14.4. The molecule has 0 spiro atoms. The Morgan fingerprint density at radius 2 is 2.23 bits per heavy atom. The Balaban J connectivity index is 1.66. The molecule has 0 fully saturated rings. The van der Waals surface area contributed by atoms with Crippen molar-refractivity contribution < 1.29 is 13.9 Å². The van der Waals surface area contributed by atoms with Gasteiger partial charge in [0, 0.05) is 13.1 Å². The van der Waals surface area contributed by atoms with E-state index < -0.39 is 5.82 Å². The highest BCUT2D eigenvalue weighted by Gasteiger charge is 2.16. The van der Waals surface area contributed by atoms with Gasteiger partial charge in [-0.2, -0.15) is 4.80 Å². The van der Waals surface area contributed by atoms with E-state index in [1.807, 2.05) is 24.4 Å². The van der Waals surface area contributed by atoms with Crippen molar-refractivity contribution >= 4 is 17.2 Å². The molecule has 0 aliphatic rings. The van der Waals surface area contributed by atoms with Crippen molar-refractivity contribution in [3.63, 3.8) is 0 Å². The zero-order valence-corrected chi connectivity index (χ0v) is 15.2. The van der Waals surface area contributed by atoms with Gasteiger partial charge in [-0.1, -0.05) is 12.1 Å². The summed E-state index contributed by atoms with van der Waals surface area (Å²) < 4.78 is 18.7. The first kappa shape index (κ1) is 18.0. The number of benzene rings is 1. The highest BCUT2D eigenvalue weighted by molar-refractivity contribution is 7.13. The SMILES string of the molecule is CCN(Cc1ccc(OC)c(F)c1)C(=O)Cn1nnc(-c2cccs2)n1. The molecule has 26 heavy (non-hydrogen) atoms. The summed E-state index contributed by atoms with van der Waals surface area (Å²) in [4.78, 5) is 16.3. The van der Waals surface area contributed by atoms with Gasteiger partial charge in [-0.15, -0.1) is 21.5 Å². The molecule has 1 amide bonds. The van der Waals surface area contributed by atoms with Crippen LogP contribution in [0.25, 0.3) is 10.7 Å². The number of ether oxygens (including phenoxy) is 1. The molecule has 2 aromatic heterocycles. The molecule has 1 aromatic carbocycles. The minimum absolute atomic E-state index is 0.0230. The summed E-state index contributed by atoms with van der Waals surface area (Å²) in [5.74, 6) is 0.0509. The second kappa shape index (κ2) is 8.05. The van der Waals surface area contributed by atoms with Gasteiger partial charge in [0.1, 0.15) is 6.54 Å². The lowest BCUT2D eigenvalue weighted by molar-refractivity contribution is -0.132. The topological polar surface area (TPSA) is 73.1 Å². The predicted octanol–water partition coefficient (Wildman–Crippen LogP) is 2.60. The molecule has 0 saturated carbocycles. The van der Waals surface area contributed by atoms with E-state index in [2.05, 4.69) is 15.4 Å². The number of amides is 1. The van der Waals surface area contributed by atoms with E-state index in [0.29, 0.717) is 24.5 Å². The maximum atomic E-state index is 13.8. The summed E-state index contributed by atoms with van der Waals surface area (Å²) in [6, 6.07) is 8.45. The van der Waals surface area contributed by atoms with Gasteiger partial charge in [0.25, 0.3) is 0 Å². The van der Waals surface area contributed by atoms with E-state index in [-0.39, 0.29) is 18.2 Å². The number of likely N-dealkylation sites (N-methyl/N-ethyl adjacent to an activating group) is 1. The number of thiophene rings is 1. The number of methoxy groups -OCH3 is 1. The highest BCUT2D eigenvalue weighted by atomic mass is 32.1. The number of hydrogen-bond donors (Lipinski definition) is 0. The summed E-state index contributed by atoms with van der Waals surface area (Å²) in [5.41, 5.74) is 0.685. The molecule has 9 heteroatoms. The molecule has 0 bridgehead atoms. The van der Waals surface area contributed by atoms with E-state index in [1.54, 1.807) is 17.0 Å². The van der Waals surface area contributed by atoms with Crippen LogP contribution in [0.4, 0.5) is 4.39 Å². The molecule has 7 nitrogen and oxygen atoms in total. The van der Waals surface area contributed by atoms with Crippen LogP contribution in [0.2, 0.25) is 0 Å². The van der Waals surface area contributed by atoms with Crippen molar-refractivity contribution in [1.82, 2.24) is 25.1 Å². The Labute approximate surface area is 154 Å². The van der Waals surface area contributed by atoms with E-state index in [0.717, 1.165) is 4.88 Å². The summed E-state index contributed by atoms with van der Waals surface area (Å²) in [6.45, 7) is 2.62. The van der Waals surface area contributed by atoms with Crippen molar-refractivity contribution in [1.29, 1.82) is 0 Å². The number of carbonyl (C=O) groups excluding carboxylic acids is 1. The maximum absolute atomic E-state index is 13.8. The van der Waals surface area contributed by atoms with Crippen LogP contribution in [0, 0.1) is 5.82 Å². The smallest absolute Gasteiger partial charge is 0.246 e. The van der Waals surface area contributed by atoms with Gasteiger partial charge in [-0.05, 0) is 41.3 Å². The van der Waals surface area contributed by atoms with Crippen LogP contribution in [0.5, 0.6) is 5.75 Å². The van der Waals surface area contributed by atoms with Crippen molar-refractivity contribution in [2.75, 3.05) is 13.7 Å². The maximum Gasteiger partial charge on any atom is 0.246 e. The zero-order chi connectivity index (χ0) is 18.5. The third kappa shape index (κ3) is 4.05. The van der Waals surface area contributed by atoms with Crippen molar-refractivity contribution in [2.24, 2.45) is 0 Å². The molecule has 3 rings (SSSR count). The molecule has 0 unspecified atom stereocenters. The molecule has 0 radical (unpaired) electrons. The minimum Gasteiger partial charge on any atom is -0.494 e. The average Bonchev–Trinajstić information content (AvgIpc) is 3.31. The van der Waals surface area contributed by atoms with Crippen LogP contribution >= 0.6 is 11.3 Å². The second-order valence-electron chi connectivity index (χ2n) is 5.50. The molecule has 136 valence electrons. The van der Waals surface area contributed by atoms with Gasteiger partial charge in [-0.3, -0.25) is 4.79 Å². The van der Waals surface area contributed by atoms with Crippen molar-refractivity contribution in [3.05, 3.63) is 47.1 Å². The van der Waals surface area contributed by atoms with E-state index in [4.69, 9.17) is 4.74 Å². The lowest BCUT2D eigenvalue weighted by Crippen LogP contribution is -2.33. The molecular weight excluding hydrogens is 357 g/mol. The lowest BCUT2D eigenvalue weighted by atomic mass is 10.2. The Morgan fingerprint density at radius 3 is 2.88 bits per heavy atom. The van der Waals surface area contributed by atoms with Crippen LogP contribution in [0.15, 0.2) is 35.7 Å². The third-order valence-corrected chi connectivity index (χ3v) is 4.66. The fraction of sp³-hybridized carbons (Fsp3) is 0.294. The quantitative estimate of drug-likeness (QED) is 0.635. The highest BCUT2D eigenvalue weighted by Crippen LogP contribution is 2.20. The number of aromatic nitrogens is 4. The molecule has 0 saturated heterocycles. The van der Waals surface area contributed by atoms with Crippen LogP contribution < -0.4 is 4.74 Å². The van der Waals surface area contributed by atoms with Gasteiger partial charge in [0.05, 0.1) is 12.0 Å². The molecule has 2 heterocycles. The third-order valence-electron chi connectivity index (χ3n) is 3.80. The molecule has 0 atom stereocenters. The van der Waals surface area contributed by atoms with Crippen molar-refractivity contribution in [3.8, 4) is 16.5 Å². The molecule has 0 aliphatic carbocycles. The number of rotatable bonds is 7. The standard InChI is InChI=1S/C17H18FN5O2S/c1-3-22(10-12-6-7-14(25-2)13(18)9-12)16(24)11-23-20-17(19-21-23)15-5-4-8-26-15/h4-9H,3,10-11H2,1-2H3. The Bertz CT molecular complexity index is 881. The van der Waals surface area contributed by atoms with E-state index in [1.165, 1.54) is 29.3 Å². The number of nitrogens with zero attached hydrogens (tertiary/aromatic N) is 5. The number of halogens is 1. The van der Waals surface area contributed by atoms with Gasteiger partial charge in [0.15, 0.2) is 11.6 Å². The van der Waals surface area contributed by atoms with Gasteiger partial charge in [-0.25, -0.2) is 4.39 Å². The van der Waals surface area contributed by atoms with Crippen molar-refractivity contribution in [2.45, 2.75) is 20.0 Å². The fourth-order valence-corrected chi connectivity index (χ4v) is 3.09. The minimum atomic E-state index is -0.452. The molecular formula is C17H18FN5O2S. The summed E-state index contributed by atoms with van der Waals surface area (Å²) in [7, 11) is 1.41.